The van der Waals surface area contributed by atoms with Crippen molar-refractivity contribution >= 4 is 27.4 Å². The summed E-state index contributed by atoms with van der Waals surface area (Å²) < 4.78 is 60.0. The zero-order valence-electron chi connectivity index (χ0n) is 11.3. The number of rotatable bonds is 7. The average molecular weight is 342 g/mol. The van der Waals surface area contributed by atoms with Crippen LogP contribution in [-0.2, 0) is 14.7 Å². The fourth-order valence-electron chi connectivity index (χ4n) is 1.20. The minimum absolute atomic E-state index is 0.259. The molecule has 0 amide bonds. The molecular weight excluding hydrogens is 329 g/mol. The van der Waals surface area contributed by atoms with E-state index in [1.165, 1.54) is 6.21 Å². The Hall–Kier alpha value is -1.42. The van der Waals surface area contributed by atoms with Crippen molar-refractivity contribution in [3.63, 3.8) is 0 Å². The molecule has 0 radical (unpaired) electrons. The maximum atomic E-state index is 12.7. The van der Waals surface area contributed by atoms with Gasteiger partial charge in [-0.3, -0.25) is 0 Å². The number of aryl methyl sites for hydroxylation is 1. The molecule has 5 nitrogen and oxygen atoms in total. The van der Waals surface area contributed by atoms with Crippen molar-refractivity contribution < 1.29 is 26.4 Å². The number of thiazole rings is 1. The molecule has 0 saturated carbocycles. The first-order valence-electron chi connectivity index (χ1n) is 5.83. The number of sulfone groups is 1. The number of hydrogen-bond donors (Lipinski definition) is 0. The molecule has 0 bridgehead atoms. The fraction of sp³-hybridized carbons (Fsp3) is 0.455. The van der Waals surface area contributed by atoms with Crippen LogP contribution in [0.5, 0.6) is 0 Å². The van der Waals surface area contributed by atoms with Gasteiger partial charge in [0.25, 0.3) is 0 Å². The first-order chi connectivity index (χ1) is 9.77. The fourth-order valence-corrected chi connectivity index (χ4v) is 3.79. The lowest BCUT2D eigenvalue weighted by Gasteiger charge is -1.98. The molecule has 0 N–H and O–H groups in total. The average Bonchev–Trinajstić information content (AvgIpc) is 2.79. The third kappa shape index (κ3) is 5.12. The molecule has 0 spiro atoms. The molecule has 0 aliphatic carbocycles. The molecule has 0 aliphatic rings. The lowest BCUT2D eigenvalue weighted by Crippen LogP contribution is -2.07. The molecule has 0 aromatic carbocycles. The summed E-state index contributed by atoms with van der Waals surface area (Å²) in [5.74, 6) is -2.50. The summed E-state index contributed by atoms with van der Waals surface area (Å²) in [6.45, 7) is 3.67. The van der Waals surface area contributed by atoms with Gasteiger partial charge in [0.1, 0.15) is 6.61 Å². The van der Waals surface area contributed by atoms with Gasteiger partial charge in [-0.05, 0) is 13.8 Å². The molecule has 1 heterocycles. The van der Waals surface area contributed by atoms with Crippen LogP contribution in [0.1, 0.15) is 23.9 Å². The van der Waals surface area contributed by atoms with Gasteiger partial charge in [0.15, 0.2) is 5.83 Å². The Bertz CT molecular complexity index is 650. The molecule has 1 aromatic heterocycles. The largest absolute Gasteiger partial charge is 0.396 e. The number of aromatic nitrogens is 1. The predicted octanol–water partition coefficient (Wildman–Crippen LogP) is 3.06. The summed E-state index contributed by atoms with van der Waals surface area (Å²) in [4.78, 5) is 9.06. The maximum absolute atomic E-state index is 12.7. The van der Waals surface area contributed by atoms with E-state index in [4.69, 9.17) is 4.84 Å². The molecule has 1 aromatic rings. The minimum Gasteiger partial charge on any atom is -0.396 e. The first-order valence-corrected chi connectivity index (χ1v) is 8.30. The van der Waals surface area contributed by atoms with E-state index in [2.05, 4.69) is 10.1 Å². The Balaban J connectivity index is 2.90. The smallest absolute Gasteiger partial charge is 0.301 e. The minimum atomic E-state index is -3.92. The van der Waals surface area contributed by atoms with Crippen LogP contribution < -0.4 is 0 Å². The topological polar surface area (TPSA) is 68.6 Å². The van der Waals surface area contributed by atoms with Crippen molar-refractivity contribution in [3.05, 3.63) is 22.5 Å². The van der Waals surface area contributed by atoms with E-state index in [1.54, 1.807) is 13.8 Å². The SMILES string of the molecule is CCO/N=C/c1sc(S(=O)(=O)CCC(F)=C(F)F)nc1C. The number of nitrogens with zero attached hydrogens (tertiary/aromatic N) is 2. The second kappa shape index (κ2) is 7.55. The monoisotopic (exact) mass is 342 g/mol. The Morgan fingerprint density at radius 1 is 1.43 bits per heavy atom. The highest BCUT2D eigenvalue weighted by molar-refractivity contribution is 7.93. The van der Waals surface area contributed by atoms with Gasteiger partial charge in [-0.15, -0.1) is 11.3 Å². The van der Waals surface area contributed by atoms with Gasteiger partial charge >= 0.3 is 6.08 Å². The van der Waals surface area contributed by atoms with Crippen LogP contribution in [0.4, 0.5) is 13.2 Å². The van der Waals surface area contributed by atoms with E-state index >= 15 is 0 Å². The molecule has 0 atom stereocenters. The number of halogens is 3. The summed E-state index contributed by atoms with van der Waals surface area (Å²) >= 11 is 0.823. The van der Waals surface area contributed by atoms with Gasteiger partial charge in [0, 0.05) is 6.42 Å². The van der Waals surface area contributed by atoms with Gasteiger partial charge in [-0.25, -0.2) is 17.8 Å². The number of oxime groups is 1. The van der Waals surface area contributed by atoms with E-state index in [9.17, 15) is 21.6 Å². The van der Waals surface area contributed by atoms with Crippen LogP contribution >= 0.6 is 11.3 Å². The summed E-state index contributed by atoms with van der Waals surface area (Å²) in [6.07, 6.45) is -2.08. The van der Waals surface area contributed by atoms with Crippen molar-refractivity contribution in [2.45, 2.75) is 24.6 Å². The van der Waals surface area contributed by atoms with Crippen molar-refractivity contribution in [2.75, 3.05) is 12.4 Å². The zero-order chi connectivity index (χ0) is 16.0. The maximum Gasteiger partial charge on any atom is 0.301 e. The van der Waals surface area contributed by atoms with Crippen LogP contribution in [0.25, 0.3) is 0 Å². The van der Waals surface area contributed by atoms with Crippen LogP contribution in [0, 0.1) is 6.92 Å². The molecule has 1 rings (SSSR count). The second-order valence-electron chi connectivity index (χ2n) is 3.82. The Labute approximate surface area is 124 Å². The molecule has 0 saturated heterocycles. The quantitative estimate of drug-likeness (QED) is 0.564. The zero-order valence-corrected chi connectivity index (χ0v) is 12.9. The molecular formula is C11H13F3N2O3S2. The molecule has 10 heteroatoms. The molecule has 118 valence electrons. The van der Waals surface area contributed by atoms with Gasteiger partial charge in [-0.2, -0.15) is 8.78 Å². The lowest BCUT2D eigenvalue weighted by atomic mass is 10.4. The van der Waals surface area contributed by atoms with Crippen LogP contribution in [0.3, 0.4) is 0 Å². The highest BCUT2D eigenvalue weighted by Crippen LogP contribution is 2.24. The van der Waals surface area contributed by atoms with Crippen LogP contribution in [0.2, 0.25) is 0 Å². The van der Waals surface area contributed by atoms with Gasteiger partial charge in [0.2, 0.25) is 14.2 Å². The first kappa shape index (κ1) is 17.6. The number of allylic oxidation sites excluding steroid dienone is 1. The second-order valence-corrected chi connectivity index (χ2v) is 7.13. The Kier molecular flexibility index (Phi) is 6.34. The normalized spacial score (nSPS) is 11.9. The third-order valence-corrected chi connectivity index (χ3v) is 5.51. The van der Waals surface area contributed by atoms with E-state index < -0.39 is 33.9 Å². The van der Waals surface area contributed by atoms with E-state index in [1.807, 2.05) is 0 Å². The molecule has 21 heavy (non-hydrogen) atoms. The van der Waals surface area contributed by atoms with E-state index in [-0.39, 0.29) is 4.34 Å². The summed E-state index contributed by atoms with van der Waals surface area (Å²) in [7, 11) is -3.92. The van der Waals surface area contributed by atoms with E-state index in [0.29, 0.717) is 17.2 Å². The molecule has 0 fully saturated rings. The van der Waals surface area contributed by atoms with Gasteiger partial charge in [-0.1, -0.05) is 5.16 Å². The third-order valence-electron chi connectivity index (χ3n) is 2.25. The summed E-state index contributed by atoms with van der Waals surface area (Å²) in [5, 5.41) is 3.60. The summed E-state index contributed by atoms with van der Waals surface area (Å²) in [5.41, 5.74) is 0.412. The number of hydrogen-bond acceptors (Lipinski definition) is 6. The highest BCUT2D eigenvalue weighted by atomic mass is 32.2. The summed E-state index contributed by atoms with van der Waals surface area (Å²) in [6, 6.07) is 0. The lowest BCUT2D eigenvalue weighted by molar-refractivity contribution is 0.160. The predicted molar refractivity (Wildman–Crippen MR) is 73.1 cm³/mol. The van der Waals surface area contributed by atoms with Crippen LogP contribution in [-0.4, -0.2) is 32.0 Å². The highest BCUT2D eigenvalue weighted by Gasteiger charge is 2.22. The van der Waals surface area contributed by atoms with Crippen molar-refractivity contribution in [1.82, 2.24) is 4.98 Å². The van der Waals surface area contributed by atoms with Gasteiger partial charge < -0.3 is 4.84 Å². The Morgan fingerprint density at radius 2 is 2.10 bits per heavy atom. The van der Waals surface area contributed by atoms with E-state index in [0.717, 1.165) is 11.3 Å². The van der Waals surface area contributed by atoms with Crippen LogP contribution in [0.15, 0.2) is 21.4 Å². The molecule has 0 unspecified atom stereocenters. The standard InChI is InChI=1S/C11H13F3N2O3S2/c1-3-19-15-6-9-7(2)16-11(20-9)21(17,18)5-4-8(12)10(13)14/h6H,3-5H2,1-2H3/b15-6+. The van der Waals surface area contributed by atoms with Crippen molar-refractivity contribution in [1.29, 1.82) is 0 Å². The van der Waals surface area contributed by atoms with Crippen molar-refractivity contribution in [2.24, 2.45) is 5.16 Å². The molecule has 0 aliphatic heterocycles. The van der Waals surface area contributed by atoms with Crippen molar-refractivity contribution in [3.8, 4) is 0 Å². The Morgan fingerprint density at radius 3 is 2.67 bits per heavy atom. The van der Waals surface area contributed by atoms with Gasteiger partial charge in [0.05, 0.1) is 22.5 Å².